The molecule has 0 aliphatic heterocycles. The minimum absolute atomic E-state index is 0.152. The topological polar surface area (TPSA) is 59.5 Å². The van der Waals surface area contributed by atoms with E-state index in [-0.39, 0.29) is 18.3 Å². The zero-order valence-corrected chi connectivity index (χ0v) is 11.2. The summed E-state index contributed by atoms with van der Waals surface area (Å²) in [5.74, 6) is -0.443. The van der Waals surface area contributed by atoms with E-state index < -0.39 is 0 Å². The summed E-state index contributed by atoms with van der Waals surface area (Å²) in [5, 5.41) is 0. The van der Waals surface area contributed by atoms with Crippen LogP contribution in [-0.2, 0) is 14.3 Å². The van der Waals surface area contributed by atoms with E-state index in [1.807, 2.05) is 12.1 Å². The largest absolute Gasteiger partial charge is 0.466 e. The van der Waals surface area contributed by atoms with Crippen LogP contribution in [0.2, 0.25) is 0 Å². The number of hydrogen-bond donors (Lipinski definition) is 0. The van der Waals surface area contributed by atoms with Gasteiger partial charge in [-0.25, -0.2) is 0 Å². The van der Waals surface area contributed by atoms with Gasteiger partial charge in [0.15, 0.2) is 0 Å². The molecular formula is C14H18N2O3. The molecule has 1 rings (SSSR count). The Bertz CT molecular complexity index is 443. The Balaban J connectivity index is 2.40. The molecule has 102 valence electrons. The molecule has 1 amide bonds. The van der Waals surface area contributed by atoms with Gasteiger partial charge >= 0.3 is 5.97 Å². The number of carbonyl (C=O) groups excluding carboxylic acids is 2. The Hall–Kier alpha value is -2.17. The third-order valence-corrected chi connectivity index (χ3v) is 2.46. The summed E-state index contributed by atoms with van der Waals surface area (Å²) in [6, 6.07) is 3.62. The molecule has 0 saturated carbocycles. The smallest absolute Gasteiger partial charge is 0.307 e. The molecule has 1 aromatic heterocycles. The summed E-state index contributed by atoms with van der Waals surface area (Å²) in [6.07, 6.45) is 6.72. The van der Waals surface area contributed by atoms with Crippen LogP contribution in [-0.4, -0.2) is 42.0 Å². The molecule has 0 bridgehead atoms. The van der Waals surface area contributed by atoms with Crippen molar-refractivity contribution in [3.05, 3.63) is 36.2 Å². The molecule has 5 nitrogen and oxygen atoms in total. The van der Waals surface area contributed by atoms with Crippen molar-refractivity contribution in [2.75, 3.05) is 20.2 Å². The van der Waals surface area contributed by atoms with Gasteiger partial charge in [0.1, 0.15) is 0 Å². The Morgan fingerprint density at radius 1 is 1.37 bits per heavy atom. The molecular weight excluding hydrogens is 244 g/mol. The van der Waals surface area contributed by atoms with Crippen molar-refractivity contribution in [2.24, 2.45) is 0 Å². The quantitative estimate of drug-likeness (QED) is 0.576. The maximum atomic E-state index is 11.8. The van der Waals surface area contributed by atoms with Crippen molar-refractivity contribution in [2.45, 2.75) is 13.3 Å². The van der Waals surface area contributed by atoms with Crippen LogP contribution in [0.5, 0.6) is 0 Å². The van der Waals surface area contributed by atoms with Crippen LogP contribution in [0.1, 0.15) is 18.9 Å². The fraction of sp³-hybridized carbons (Fsp3) is 0.357. The monoisotopic (exact) mass is 262 g/mol. The lowest BCUT2D eigenvalue weighted by Crippen LogP contribution is -2.27. The zero-order chi connectivity index (χ0) is 14.1. The molecule has 0 radical (unpaired) electrons. The van der Waals surface area contributed by atoms with Crippen LogP contribution in [0, 0.1) is 0 Å². The van der Waals surface area contributed by atoms with Crippen molar-refractivity contribution < 1.29 is 14.3 Å². The summed E-state index contributed by atoms with van der Waals surface area (Å²) < 4.78 is 4.80. The fourth-order valence-corrected chi connectivity index (χ4v) is 1.37. The van der Waals surface area contributed by atoms with E-state index in [1.165, 1.54) is 11.0 Å². The summed E-state index contributed by atoms with van der Waals surface area (Å²) in [7, 11) is 1.65. The summed E-state index contributed by atoms with van der Waals surface area (Å²) >= 11 is 0. The maximum absolute atomic E-state index is 11.8. The van der Waals surface area contributed by atoms with E-state index in [2.05, 4.69) is 4.98 Å². The Morgan fingerprint density at radius 3 is 2.68 bits per heavy atom. The molecule has 19 heavy (non-hydrogen) atoms. The number of amides is 1. The van der Waals surface area contributed by atoms with E-state index in [9.17, 15) is 9.59 Å². The van der Waals surface area contributed by atoms with E-state index in [4.69, 9.17) is 4.74 Å². The van der Waals surface area contributed by atoms with Crippen LogP contribution < -0.4 is 0 Å². The maximum Gasteiger partial charge on any atom is 0.307 e. The molecule has 0 saturated heterocycles. The second-order valence-electron chi connectivity index (χ2n) is 3.93. The molecule has 1 heterocycles. The zero-order valence-electron chi connectivity index (χ0n) is 11.2. The SMILES string of the molecule is CCOC(=O)CCN(C)C(=O)C=Cc1ccncc1. The van der Waals surface area contributed by atoms with Crippen LogP contribution >= 0.6 is 0 Å². The van der Waals surface area contributed by atoms with Gasteiger partial charge < -0.3 is 9.64 Å². The van der Waals surface area contributed by atoms with Crippen molar-refractivity contribution in [1.82, 2.24) is 9.88 Å². The Kier molecular flexibility index (Phi) is 6.29. The molecule has 1 aromatic rings. The predicted molar refractivity (Wildman–Crippen MR) is 72.2 cm³/mol. The van der Waals surface area contributed by atoms with Gasteiger partial charge in [-0.1, -0.05) is 0 Å². The van der Waals surface area contributed by atoms with Crippen molar-refractivity contribution in [1.29, 1.82) is 0 Å². The average molecular weight is 262 g/mol. The van der Waals surface area contributed by atoms with Gasteiger partial charge in [0.05, 0.1) is 13.0 Å². The van der Waals surface area contributed by atoms with Gasteiger partial charge in [-0.2, -0.15) is 0 Å². The van der Waals surface area contributed by atoms with Gasteiger partial charge in [-0.05, 0) is 30.7 Å². The van der Waals surface area contributed by atoms with E-state index in [0.717, 1.165) is 5.56 Å². The number of pyridine rings is 1. The average Bonchev–Trinajstić information content (AvgIpc) is 2.43. The Morgan fingerprint density at radius 2 is 2.05 bits per heavy atom. The number of ether oxygens (including phenoxy) is 1. The lowest BCUT2D eigenvalue weighted by Gasteiger charge is -2.14. The number of hydrogen-bond acceptors (Lipinski definition) is 4. The van der Waals surface area contributed by atoms with Crippen LogP contribution in [0.25, 0.3) is 6.08 Å². The number of esters is 1. The predicted octanol–water partition coefficient (Wildman–Crippen LogP) is 1.51. The van der Waals surface area contributed by atoms with Crippen molar-refractivity contribution in [3.8, 4) is 0 Å². The number of carbonyl (C=O) groups is 2. The highest BCUT2D eigenvalue weighted by molar-refractivity contribution is 5.91. The molecule has 0 unspecified atom stereocenters. The number of aromatic nitrogens is 1. The number of nitrogens with zero attached hydrogens (tertiary/aromatic N) is 2. The molecule has 0 aliphatic carbocycles. The molecule has 0 aliphatic rings. The van der Waals surface area contributed by atoms with Gasteiger partial charge in [0.2, 0.25) is 5.91 Å². The normalized spacial score (nSPS) is 10.4. The summed E-state index contributed by atoms with van der Waals surface area (Å²) in [6.45, 7) is 2.46. The van der Waals surface area contributed by atoms with Crippen LogP contribution in [0.15, 0.2) is 30.6 Å². The number of rotatable bonds is 6. The summed E-state index contributed by atoms with van der Waals surface area (Å²) in [4.78, 5) is 28.3. The first-order chi connectivity index (χ1) is 9.13. The lowest BCUT2D eigenvalue weighted by atomic mass is 10.2. The molecule has 0 spiro atoms. The highest BCUT2D eigenvalue weighted by atomic mass is 16.5. The van der Waals surface area contributed by atoms with Gasteiger partial charge in [0, 0.05) is 32.1 Å². The van der Waals surface area contributed by atoms with Gasteiger partial charge in [-0.15, -0.1) is 0 Å². The Labute approximate surface area is 112 Å². The standard InChI is InChI=1S/C14H18N2O3/c1-3-19-14(18)8-11-16(2)13(17)5-4-12-6-9-15-10-7-12/h4-7,9-10H,3,8,11H2,1-2H3. The third-order valence-electron chi connectivity index (χ3n) is 2.46. The first-order valence-electron chi connectivity index (χ1n) is 6.12. The van der Waals surface area contributed by atoms with Gasteiger partial charge in [-0.3, -0.25) is 14.6 Å². The first kappa shape index (κ1) is 14.9. The minimum atomic E-state index is -0.291. The molecule has 5 heteroatoms. The summed E-state index contributed by atoms with van der Waals surface area (Å²) in [5.41, 5.74) is 0.905. The van der Waals surface area contributed by atoms with Crippen molar-refractivity contribution in [3.63, 3.8) is 0 Å². The van der Waals surface area contributed by atoms with E-state index >= 15 is 0 Å². The first-order valence-corrected chi connectivity index (χ1v) is 6.12. The fourth-order valence-electron chi connectivity index (χ4n) is 1.37. The van der Waals surface area contributed by atoms with Gasteiger partial charge in [0.25, 0.3) is 0 Å². The van der Waals surface area contributed by atoms with Crippen LogP contribution in [0.4, 0.5) is 0 Å². The molecule has 0 N–H and O–H groups in total. The minimum Gasteiger partial charge on any atom is -0.466 e. The highest BCUT2D eigenvalue weighted by Crippen LogP contribution is 2.00. The van der Waals surface area contributed by atoms with Crippen molar-refractivity contribution >= 4 is 18.0 Å². The second kappa shape index (κ2) is 8.02. The number of likely N-dealkylation sites (N-methyl/N-ethyl adjacent to an activating group) is 1. The van der Waals surface area contributed by atoms with E-state index in [0.29, 0.717) is 13.2 Å². The van der Waals surface area contributed by atoms with Crippen LogP contribution in [0.3, 0.4) is 0 Å². The highest BCUT2D eigenvalue weighted by Gasteiger charge is 2.08. The lowest BCUT2D eigenvalue weighted by molar-refractivity contribution is -0.143. The molecule has 0 aromatic carbocycles. The van der Waals surface area contributed by atoms with E-state index in [1.54, 1.807) is 32.4 Å². The third kappa shape index (κ3) is 5.81. The molecule has 0 fully saturated rings. The molecule has 0 atom stereocenters. The second-order valence-corrected chi connectivity index (χ2v) is 3.93.